The molecule has 0 unspecified atom stereocenters. The van der Waals surface area contributed by atoms with Crippen molar-refractivity contribution in [2.24, 2.45) is 5.73 Å². The summed E-state index contributed by atoms with van der Waals surface area (Å²) in [7, 11) is 0. The van der Waals surface area contributed by atoms with Gasteiger partial charge in [-0.1, -0.05) is 11.8 Å². The third kappa shape index (κ3) is 3.15. The molecule has 0 amide bonds. The van der Waals surface area contributed by atoms with Crippen LogP contribution in [0.1, 0.15) is 11.4 Å². The van der Waals surface area contributed by atoms with E-state index in [2.05, 4.69) is 5.10 Å². The summed E-state index contributed by atoms with van der Waals surface area (Å²) >= 11 is 1.47. The molecule has 0 aliphatic rings. The van der Waals surface area contributed by atoms with Crippen LogP contribution < -0.4 is 5.73 Å². The summed E-state index contributed by atoms with van der Waals surface area (Å²) in [6.07, 6.45) is 0. The van der Waals surface area contributed by atoms with E-state index in [-0.39, 0.29) is 12.4 Å². The molecule has 1 heterocycles. The molecule has 1 aromatic heterocycles. The number of nitrogens with zero attached hydrogens (tertiary/aromatic N) is 2. The van der Waals surface area contributed by atoms with Crippen LogP contribution in [0.4, 0.5) is 4.39 Å². The third-order valence-corrected chi connectivity index (χ3v) is 3.94. The van der Waals surface area contributed by atoms with Gasteiger partial charge in [0.2, 0.25) is 0 Å². The van der Waals surface area contributed by atoms with Crippen LogP contribution in [0.25, 0.3) is 0 Å². The van der Waals surface area contributed by atoms with Crippen LogP contribution in [0.2, 0.25) is 0 Å². The van der Waals surface area contributed by atoms with Crippen molar-refractivity contribution in [1.29, 1.82) is 0 Å². The Morgan fingerprint density at radius 2 is 2.05 bits per heavy atom. The highest BCUT2D eigenvalue weighted by Crippen LogP contribution is 2.33. The van der Waals surface area contributed by atoms with Gasteiger partial charge in [-0.2, -0.15) is 5.10 Å². The first-order valence-electron chi connectivity index (χ1n) is 5.96. The number of benzene rings is 1. The smallest absolute Gasteiger partial charge is 0.123 e. The molecule has 6 heteroatoms. The summed E-state index contributed by atoms with van der Waals surface area (Å²) in [5.74, 6) is -0.262. The maximum Gasteiger partial charge on any atom is 0.123 e. The molecule has 0 bridgehead atoms. The van der Waals surface area contributed by atoms with E-state index in [1.54, 1.807) is 16.8 Å². The van der Waals surface area contributed by atoms with Crippen molar-refractivity contribution in [3.8, 4) is 0 Å². The minimum atomic E-state index is -0.262. The average molecular weight is 281 g/mol. The van der Waals surface area contributed by atoms with Crippen LogP contribution in [0.5, 0.6) is 0 Å². The summed E-state index contributed by atoms with van der Waals surface area (Å²) in [6, 6.07) is 6.25. The normalized spacial score (nSPS) is 10.9. The number of aliphatic hydroxyl groups is 1. The van der Waals surface area contributed by atoms with Crippen LogP contribution in [0.3, 0.4) is 0 Å². The first kappa shape index (κ1) is 14.0. The van der Waals surface area contributed by atoms with Gasteiger partial charge in [0.05, 0.1) is 29.4 Å². The number of hydrogen-bond acceptors (Lipinski definition) is 4. The third-order valence-electron chi connectivity index (χ3n) is 2.70. The molecular formula is C13H16FN3OS. The van der Waals surface area contributed by atoms with E-state index >= 15 is 0 Å². The summed E-state index contributed by atoms with van der Waals surface area (Å²) in [5.41, 5.74) is 7.11. The molecule has 0 aliphatic carbocycles. The highest BCUT2D eigenvalue weighted by atomic mass is 32.2. The molecular weight excluding hydrogens is 265 g/mol. The Kier molecular flexibility index (Phi) is 4.57. The maximum absolute atomic E-state index is 12.9. The monoisotopic (exact) mass is 281 g/mol. The fourth-order valence-electron chi connectivity index (χ4n) is 1.83. The van der Waals surface area contributed by atoms with Crippen molar-refractivity contribution in [2.45, 2.75) is 29.9 Å². The number of hydrogen-bond donors (Lipinski definition) is 2. The molecule has 1 aromatic carbocycles. The van der Waals surface area contributed by atoms with Gasteiger partial charge >= 0.3 is 0 Å². The first-order valence-corrected chi connectivity index (χ1v) is 6.78. The highest BCUT2D eigenvalue weighted by molar-refractivity contribution is 7.99. The van der Waals surface area contributed by atoms with Gasteiger partial charge in [0.1, 0.15) is 5.82 Å². The Labute approximate surface area is 115 Å². The van der Waals surface area contributed by atoms with Gasteiger partial charge in [-0.05, 0) is 31.2 Å². The molecule has 0 radical (unpaired) electrons. The molecule has 0 saturated carbocycles. The van der Waals surface area contributed by atoms with Crippen LogP contribution >= 0.6 is 11.8 Å². The minimum Gasteiger partial charge on any atom is -0.390 e. The summed E-state index contributed by atoms with van der Waals surface area (Å²) in [4.78, 5) is 1.81. The van der Waals surface area contributed by atoms with Gasteiger partial charge < -0.3 is 10.8 Å². The quantitative estimate of drug-likeness (QED) is 0.879. The molecule has 4 nitrogen and oxygen atoms in total. The zero-order valence-corrected chi connectivity index (χ0v) is 11.5. The van der Waals surface area contributed by atoms with Gasteiger partial charge in [0.15, 0.2) is 0 Å². The molecule has 19 heavy (non-hydrogen) atoms. The van der Waals surface area contributed by atoms with Crippen molar-refractivity contribution >= 4 is 11.8 Å². The van der Waals surface area contributed by atoms with E-state index in [1.165, 1.54) is 23.9 Å². The Hall–Kier alpha value is -1.37. The molecule has 0 atom stereocenters. The lowest BCUT2D eigenvalue weighted by molar-refractivity contribution is 0.265. The molecule has 102 valence electrons. The summed E-state index contributed by atoms with van der Waals surface area (Å²) in [6.45, 7) is 2.83. The number of rotatable bonds is 5. The molecule has 0 spiro atoms. The zero-order chi connectivity index (χ0) is 13.8. The van der Waals surface area contributed by atoms with Crippen LogP contribution in [0, 0.1) is 12.7 Å². The van der Waals surface area contributed by atoms with Crippen LogP contribution in [-0.4, -0.2) is 21.4 Å². The molecule has 0 aliphatic heterocycles. The van der Waals surface area contributed by atoms with E-state index < -0.39 is 0 Å². The number of aryl methyl sites for hydroxylation is 1. The Morgan fingerprint density at radius 1 is 1.37 bits per heavy atom. The summed E-state index contributed by atoms with van der Waals surface area (Å²) < 4.78 is 14.6. The van der Waals surface area contributed by atoms with Gasteiger partial charge in [-0.3, -0.25) is 4.68 Å². The highest BCUT2D eigenvalue weighted by Gasteiger charge is 2.15. The van der Waals surface area contributed by atoms with Gasteiger partial charge in [0.25, 0.3) is 0 Å². The Morgan fingerprint density at radius 3 is 2.63 bits per heavy atom. The summed E-state index contributed by atoms with van der Waals surface area (Å²) in [5, 5.41) is 13.9. The van der Waals surface area contributed by atoms with Crippen LogP contribution in [-0.2, 0) is 13.2 Å². The minimum absolute atomic E-state index is 0.0929. The zero-order valence-electron chi connectivity index (χ0n) is 10.6. The van der Waals surface area contributed by atoms with Gasteiger partial charge in [-0.15, -0.1) is 0 Å². The maximum atomic E-state index is 12.9. The van der Waals surface area contributed by atoms with Crippen molar-refractivity contribution in [3.63, 3.8) is 0 Å². The van der Waals surface area contributed by atoms with Crippen molar-refractivity contribution in [2.75, 3.05) is 6.54 Å². The largest absolute Gasteiger partial charge is 0.390 e. The van der Waals surface area contributed by atoms with Gasteiger partial charge in [-0.25, -0.2) is 4.39 Å². The first-order chi connectivity index (χ1) is 9.15. The standard InChI is InChI=1S/C13H16FN3OS/c1-9-13(12(8-18)17(16-9)7-6-15)19-11-4-2-10(14)3-5-11/h2-5,18H,6-8,15H2,1H3. The average Bonchev–Trinajstić information content (AvgIpc) is 2.69. The Bertz CT molecular complexity index is 554. The fourth-order valence-corrected chi connectivity index (χ4v) is 2.81. The second-order valence-electron chi connectivity index (χ2n) is 4.09. The topological polar surface area (TPSA) is 64.1 Å². The fraction of sp³-hybridized carbons (Fsp3) is 0.308. The van der Waals surface area contributed by atoms with Crippen molar-refractivity contribution in [1.82, 2.24) is 9.78 Å². The van der Waals surface area contributed by atoms with E-state index in [0.717, 1.165) is 21.2 Å². The number of halogens is 1. The van der Waals surface area contributed by atoms with E-state index in [1.807, 2.05) is 6.92 Å². The van der Waals surface area contributed by atoms with Crippen LogP contribution in [0.15, 0.2) is 34.1 Å². The molecule has 0 saturated heterocycles. The van der Waals surface area contributed by atoms with E-state index in [0.29, 0.717) is 13.1 Å². The predicted octanol–water partition coefficient (Wildman–Crippen LogP) is 1.93. The molecule has 0 fully saturated rings. The molecule has 2 aromatic rings. The number of aliphatic hydroxyl groups excluding tert-OH is 1. The lowest BCUT2D eigenvalue weighted by atomic mass is 10.3. The van der Waals surface area contributed by atoms with Gasteiger partial charge in [0, 0.05) is 11.4 Å². The Balaban J connectivity index is 2.31. The SMILES string of the molecule is Cc1nn(CCN)c(CO)c1Sc1ccc(F)cc1. The van der Waals surface area contributed by atoms with Crippen molar-refractivity contribution < 1.29 is 9.50 Å². The number of aromatic nitrogens is 2. The van der Waals surface area contributed by atoms with E-state index in [9.17, 15) is 9.50 Å². The van der Waals surface area contributed by atoms with Crippen molar-refractivity contribution in [3.05, 3.63) is 41.5 Å². The predicted molar refractivity (Wildman–Crippen MR) is 72.5 cm³/mol. The lowest BCUT2D eigenvalue weighted by Gasteiger charge is -2.06. The van der Waals surface area contributed by atoms with E-state index in [4.69, 9.17) is 5.73 Å². The number of nitrogens with two attached hydrogens (primary N) is 1. The lowest BCUT2D eigenvalue weighted by Crippen LogP contribution is -2.13. The second-order valence-corrected chi connectivity index (χ2v) is 5.17. The molecule has 3 N–H and O–H groups in total. The second kappa shape index (κ2) is 6.18. The molecule has 2 rings (SSSR count).